The molecule has 1 saturated carbocycles. The van der Waals surface area contributed by atoms with Crippen molar-refractivity contribution >= 4 is 11.9 Å². The third kappa shape index (κ3) is 5.30. The van der Waals surface area contributed by atoms with E-state index in [9.17, 15) is 14.7 Å². The quantitative estimate of drug-likeness (QED) is 0.672. The van der Waals surface area contributed by atoms with Gasteiger partial charge in [0, 0.05) is 6.42 Å². The molecule has 0 saturated heterocycles. The van der Waals surface area contributed by atoms with Gasteiger partial charge in [-0.2, -0.15) is 0 Å². The summed E-state index contributed by atoms with van der Waals surface area (Å²) in [7, 11) is 0. The number of carboxylic acids is 1. The summed E-state index contributed by atoms with van der Waals surface area (Å²) in [6, 6.07) is 0. The van der Waals surface area contributed by atoms with E-state index in [1.54, 1.807) is 0 Å². The Morgan fingerprint density at radius 3 is 2.33 bits per heavy atom. The molecule has 1 fully saturated rings. The third-order valence-corrected chi connectivity index (χ3v) is 4.77. The van der Waals surface area contributed by atoms with Crippen LogP contribution in [0.3, 0.4) is 0 Å². The molecule has 4 N–H and O–H groups in total. The molecule has 0 aliphatic heterocycles. The van der Waals surface area contributed by atoms with E-state index in [0.717, 1.165) is 25.7 Å². The van der Waals surface area contributed by atoms with Gasteiger partial charge in [-0.15, -0.1) is 0 Å². The van der Waals surface area contributed by atoms with E-state index in [2.05, 4.69) is 26.1 Å². The lowest BCUT2D eigenvalue weighted by atomic mass is 9.77. The van der Waals surface area contributed by atoms with Gasteiger partial charge < -0.3 is 16.2 Å². The number of nitrogens with one attached hydrogen (secondary N) is 1. The summed E-state index contributed by atoms with van der Waals surface area (Å²) in [5.41, 5.74) is 4.53. The van der Waals surface area contributed by atoms with Crippen LogP contribution in [0.25, 0.3) is 0 Å². The summed E-state index contributed by atoms with van der Waals surface area (Å²) in [4.78, 5) is 23.7. The van der Waals surface area contributed by atoms with Crippen molar-refractivity contribution in [2.24, 2.45) is 17.1 Å². The van der Waals surface area contributed by atoms with E-state index in [4.69, 9.17) is 5.73 Å². The highest BCUT2D eigenvalue weighted by Crippen LogP contribution is 2.33. The lowest BCUT2D eigenvalue weighted by molar-refractivity contribution is -0.149. The van der Waals surface area contributed by atoms with Crippen molar-refractivity contribution in [1.82, 2.24) is 5.32 Å². The summed E-state index contributed by atoms with van der Waals surface area (Å²) in [6.07, 6.45) is 4.71. The minimum absolute atomic E-state index is 0.0174. The van der Waals surface area contributed by atoms with Gasteiger partial charge in [0.1, 0.15) is 5.54 Å². The standard InChI is InChI=1S/C16H30N2O3/c1-12-4-8-16(9-5-12,14(20)21)18-13(19)6-7-15(2,3)10-11-17/h12H,4-11,17H2,1-3H3,(H,18,19)(H,20,21). The molecule has 1 rings (SSSR count). The lowest BCUT2D eigenvalue weighted by Gasteiger charge is -2.36. The topological polar surface area (TPSA) is 92.4 Å². The fourth-order valence-corrected chi connectivity index (χ4v) is 2.94. The molecule has 0 heterocycles. The first-order valence-corrected chi connectivity index (χ1v) is 7.95. The van der Waals surface area contributed by atoms with Crippen molar-refractivity contribution in [2.75, 3.05) is 6.54 Å². The second kappa shape index (κ2) is 7.25. The van der Waals surface area contributed by atoms with Gasteiger partial charge in [0.25, 0.3) is 0 Å². The molecule has 5 heteroatoms. The Balaban J connectivity index is 2.56. The molecule has 0 atom stereocenters. The van der Waals surface area contributed by atoms with Gasteiger partial charge in [-0.25, -0.2) is 4.79 Å². The van der Waals surface area contributed by atoms with Crippen LogP contribution in [0.15, 0.2) is 0 Å². The van der Waals surface area contributed by atoms with Crippen LogP contribution >= 0.6 is 0 Å². The lowest BCUT2D eigenvalue weighted by Crippen LogP contribution is -2.56. The number of hydrogen-bond acceptors (Lipinski definition) is 3. The average Bonchev–Trinajstić information content (AvgIpc) is 2.39. The molecule has 21 heavy (non-hydrogen) atoms. The number of amides is 1. The maximum absolute atomic E-state index is 12.1. The first-order valence-electron chi connectivity index (χ1n) is 7.95. The molecule has 0 aromatic rings. The van der Waals surface area contributed by atoms with E-state index in [0.29, 0.717) is 31.7 Å². The van der Waals surface area contributed by atoms with E-state index >= 15 is 0 Å². The molecule has 0 spiro atoms. The first kappa shape index (κ1) is 18.0. The monoisotopic (exact) mass is 298 g/mol. The Bertz CT molecular complexity index is 372. The molecule has 1 amide bonds. The fraction of sp³-hybridized carbons (Fsp3) is 0.875. The second-order valence-corrected chi connectivity index (χ2v) is 7.32. The van der Waals surface area contributed by atoms with Crippen LogP contribution in [0.1, 0.15) is 65.7 Å². The van der Waals surface area contributed by atoms with Crippen LogP contribution in [-0.2, 0) is 9.59 Å². The Morgan fingerprint density at radius 1 is 1.29 bits per heavy atom. The molecular formula is C16H30N2O3. The third-order valence-electron chi connectivity index (χ3n) is 4.77. The van der Waals surface area contributed by atoms with Crippen LogP contribution in [0.5, 0.6) is 0 Å². The minimum Gasteiger partial charge on any atom is -0.480 e. The van der Waals surface area contributed by atoms with Crippen molar-refractivity contribution in [1.29, 1.82) is 0 Å². The summed E-state index contributed by atoms with van der Waals surface area (Å²) in [5, 5.41) is 12.3. The maximum Gasteiger partial charge on any atom is 0.329 e. The normalized spacial score (nSPS) is 26.4. The van der Waals surface area contributed by atoms with Crippen molar-refractivity contribution in [3.8, 4) is 0 Å². The first-order chi connectivity index (χ1) is 9.71. The zero-order valence-electron chi connectivity index (χ0n) is 13.6. The van der Waals surface area contributed by atoms with Gasteiger partial charge in [-0.1, -0.05) is 20.8 Å². The van der Waals surface area contributed by atoms with Crippen molar-refractivity contribution in [3.05, 3.63) is 0 Å². The van der Waals surface area contributed by atoms with E-state index in [1.807, 2.05) is 0 Å². The molecule has 122 valence electrons. The van der Waals surface area contributed by atoms with E-state index in [1.165, 1.54) is 0 Å². The second-order valence-electron chi connectivity index (χ2n) is 7.32. The molecule has 0 unspecified atom stereocenters. The summed E-state index contributed by atoms with van der Waals surface area (Å²) in [5.74, 6) is -0.515. The van der Waals surface area contributed by atoms with Gasteiger partial charge in [0.05, 0.1) is 0 Å². The number of aliphatic carboxylic acids is 1. The van der Waals surface area contributed by atoms with Gasteiger partial charge in [0.2, 0.25) is 5.91 Å². The van der Waals surface area contributed by atoms with Crippen LogP contribution in [-0.4, -0.2) is 29.1 Å². The predicted octanol–water partition coefficient (Wildman–Crippen LogP) is 2.29. The number of rotatable bonds is 7. The molecular weight excluding hydrogens is 268 g/mol. The highest BCUT2D eigenvalue weighted by Gasteiger charge is 2.42. The van der Waals surface area contributed by atoms with Gasteiger partial charge in [0.15, 0.2) is 0 Å². The number of carbonyl (C=O) groups is 2. The van der Waals surface area contributed by atoms with Crippen LogP contribution in [0, 0.1) is 11.3 Å². The molecule has 5 nitrogen and oxygen atoms in total. The summed E-state index contributed by atoms with van der Waals surface area (Å²) < 4.78 is 0. The minimum atomic E-state index is -1.05. The van der Waals surface area contributed by atoms with E-state index < -0.39 is 11.5 Å². The Hall–Kier alpha value is -1.10. The maximum atomic E-state index is 12.1. The Kier molecular flexibility index (Phi) is 6.20. The van der Waals surface area contributed by atoms with Crippen molar-refractivity contribution < 1.29 is 14.7 Å². The molecule has 0 radical (unpaired) electrons. The largest absolute Gasteiger partial charge is 0.480 e. The number of carboxylic acid groups (broad SMARTS) is 1. The molecule has 0 bridgehead atoms. The Labute approximate surface area is 127 Å². The van der Waals surface area contributed by atoms with Crippen LogP contribution in [0.2, 0.25) is 0 Å². The fourth-order valence-electron chi connectivity index (χ4n) is 2.94. The van der Waals surface area contributed by atoms with Crippen molar-refractivity contribution in [3.63, 3.8) is 0 Å². The predicted molar refractivity (Wildman–Crippen MR) is 82.8 cm³/mol. The average molecular weight is 298 g/mol. The molecule has 0 aromatic heterocycles. The zero-order chi connectivity index (χ0) is 16.1. The number of carbonyl (C=O) groups excluding carboxylic acids is 1. The number of hydrogen-bond donors (Lipinski definition) is 3. The smallest absolute Gasteiger partial charge is 0.329 e. The zero-order valence-corrected chi connectivity index (χ0v) is 13.6. The van der Waals surface area contributed by atoms with Gasteiger partial charge in [-0.05, 0) is 56.4 Å². The van der Waals surface area contributed by atoms with Gasteiger partial charge >= 0.3 is 5.97 Å². The highest BCUT2D eigenvalue weighted by atomic mass is 16.4. The molecule has 1 aliphatic rings. The molecule has 1 aliphatic carbocycles. The van der Waals surface area contributed by atoms with E-state index in [-0.39, 0.29) is 11.3 Å². The van der Waals surface area contributed by atoms with Crippen LogP contribution in [0.4, 0.5) is 0 Å². The van der Waals surface area contributed by atoms with Crippen molar-refractivity contribution in [2.45, 2.75) is 71.3 Å². The summed E-state index contributed by atoms with van der Waals surface area (Å²) in [6.45, 7) is 6.90. The Morgan fingerprint density at radius 2 is 1.86 bits per heavy atom. The highest BCUT2D eigenvalue weighted by molar-refractivity contribution is 5.87. The SMILES string of the molecule is CC1CCC(NC(=O)CCC(C)(C)CCN)(C(=O)O)CC1. The summed E-state index contributed by atoms with van der Waals surface area (Å²) >= 11 is 0. The molecule has 0 aromatic carbocycles. The van der Waals surface area contributed by atoms with Crippen LogP contribution < -0.4 is 11.1 Å². The number of nitrogens with two attached hydrogens (primary N) is 1. The van der Waals surface area contributed by atoms with Gasteiger partial charge in [-0.3, -0.25) is 4.79 Å².